The fraction of sp³-hybridized carbons (Fsp3) is 1.00. The molecule has 0 bridgehead atoms. The first-order valence-corrected chi connectivity index (χ1v) is 7.26. The molecular formula is C14H29N3. The zero-order valence-electron chi connectivity index (χ0n) is 11.6. The van der Waals surface area contributed by atoms with E-state index in [0.717, 1.165) is 18.4 Å². The maximum absolute atomic E-state index is 6.21. The molecule has 0 unspecified atom stereocenters. The Morgan fingerprint density at radius 3 is 2.29 bits per heavy atom. The van der Waals surface area contributed by atoms with Crippen molar-refractivity contribution in [3.05, 3.63) is 0 Å². The summed E-state index contributed by atoms with van der Waals surface area (Å²) >= 11 is 0. The van der Waals surface area contributed by atoms with Gasteiger partial charge in [0.1, 0.15) is 0 Å². The molecule has 0 aromatic carbocycles. The van der Waals surface area contributed by atoms with Crippen LogP contribution in [-0.4, -0.2) is 56.1 Å². The van der Waals surface area contributed by atoms with Crippen molar-refractivity contribution >= 4 is 0 Å². The highest BCUT2D eigenvalue weighted by molar-refractivity contribution is 4.82. The van der Waals surface area contributed by atoms with E-state index in [1.54, 1.807) is 0 Å². The lowest BCUT2D eigenvalue weighted by Gasteiger charge is -2.34. The van der Waals surface area contributed by atoms with Crippen molar-refractivity contribution in [1.29, 1.82) is 0 Å². The first-order chi connectivity index (χ1) is 8.13. The van der Waals surface area contributed by atoms with E-state index >= 15 is 0 Å². The molecule has 2 N–H and O–H groups in total. The summed E-state index contributed by atoms with van der Waals surface area (Å²) in [6.07, 6.45) is 6.83. The number of rotatable bonds is 6. The molecule has 2 aliphatic rings. The third kappa shape index (κ3) is 4.94. The van der Waals surface area contributed by atoms with Crippen LogP contribution in [0.1, 0.15) is 32.1 Å². The molecule has 0 aromatic rings. The number of nitrogens with zero attached hydrogens (tertiary/aromatic N) is 2. The lowest BCUT2D eigenvalue weighted by Crippen LogP contribution is -2.43. The maximum Gasteiger partial charge on any atom is 0.0170 e. The number of hydrogen-bond acceptors (Lipinski definition) is 3. The van der Waals surface area contributed by atoms with E-state index in [2.05, 4.69) is 23.9 Å². The van der Waals surface area contributed by atoms with E-state index in [9.17, 15) is 0 Å². The van der Waals surface area contributed by atoms with Crippen molar-refractivity contribution in [2.75, 3.05) is 40.3 Å². The topological polar surface area (TPSA) is 32.5 Å². The first-order valence-electron chi connectivity index (χ1n) is 7.26. The van der Waals surface area contributed by atoms with Crippen LogP contribution in [0.5, 0.6) is 0 Å². The molecule has 1 aliphatic carbocycles. The summed E-state index contributed by atoms with van der Waals surface area (Å²) in [5, 5.41) is 0. The van der Waals surface area contributed by atoms with Gasteiger partial charge in [0.25, 0.3) is 0 Å². The molecule has 1 saturated heterocycles. The van der Waals surface area contributed by atoms with Gasteiger partial charge in [0, 0.05) is 19.1 Å². The Balaban J connectivity index is 1.60. The van der Waals surface area contributed by atoms with Crippen LogP contribution in [0.2, 0.25) is 0 Å². The van der Waals surface area contributed by atoms with Crippen LogP contribution < -0.4 is 5.73 Å². The van der Waals surface area contributed by atoms with Crippen LogP contribution in [0, 0.1) is 11.8 Å². The van der Waals surface area contributed by atoms with Gasteiger partial charge < -0.3 is 15.5 Å². The smallest absolute Gasteiger partial charge is 0.0170 e. The van der Waals surface area contributed by atoms with E-state index in [1.165, 1.54) is 51.7 Å². The summed E-state index contributed by atoms with van der Waals surface area (Å²) in [5.41, 5.74) is 6.21. The highest BCUT2D eigenvalue weighted by Crippen LogP contribution is 2.33. The molecule has 1 atom stereocenters. The van der Waals surface area contributed by atoms with E-state index in [0.29, 0.717) is 6.04 Å². The Labute approximate surface area is 106 Å². The highest BCUT2D eigenvalue weighted by Gasteiger charge is 2.26. The van der Waals surface area contributed by atoms with Crippen molar-refractivity contribution in [3.8, 4) is 0 Å². The minimum atomic E-state index is 0.424. The Hall–Kier alpha value is -0.120. The fourth-order valence-corrected chi connectivity index (χ4v) is 3.06. The van der Waals surface area contributed by atoms with Gasteiger partial charge >= 0.3 is 0 Å². The molecule has 0 aromatic heterocycles. The SMILES string of the molecule is CN(C)CC1CCN(C[C@@H](N)CC2CC2)CC1. The van der Waals surface area contributed by atoms with Crippen LogP contribution in [0.4, 0.5) is 0 Å². The second kappa shape index (κ2) is 6.17. The van der Waals surface area contributed by atoms with Crippen molar-refractivity contribution in [3.63, 3.8) is 0 Å². The minimum Gasteiger partial charge on any atom is -0.327 e. The molecule has 1 heterocycles. The van der Waals surface area contributed by atoms with Gasteiger partial charge in [-0.3, -0.25) is 0 Å². The molecule has 0 amide bonds. The monoisotopic (exact) mass is 239 g/mol. The zero-order valence-corrected chi connectivity index (χ0v) is 11.6. The van der Waals surface area contributed by atoms with Crippen LogP contribution in [0.3, 0.4) is 0 Å². The van der Waals surface area contributed by atoms with E-state index in [4.69, 9.17) is 5.73 Å². The Bertz CT molecular complexity index is 218. The molecule has 1 saturated carbocycles. The normalized spacial score (nSPS) is 25.4. The highest BCUT2D eigenvalue weighted by atomic mass is 15.1. The van der Waals surface area contributed by atoms with Gasteiger partial charge in [0.15, 0.2) is 0 Å². The quantitative estimate of drug-likeness (QED) is 0.760. The predicted molar refractivity (Wildman–Crippen MR) is 73.0 cm³/mol. The molecular weight excluding hydrogens is 210 g/mol. The summed E-state index contributed by atoms with van der Waals surface area (Å²) in [6.45, 7) is 4.90. The van der Waals surface area contributed by atoms with Crippen molar-refractivity contribution in [2.45, 2.75) is 38.1 Å². The molecule has 17 heavy (non-hydrogen) atoms. The first kappa shape index (κ1) is 13.3. The van der Waals surface area contributed by atoms with Gasteiger partial charge in [-0.1, -0.05) is 12.8 Å². The second-order valence-electron chi connectivity index (χ2n) is 6.45. The Morgan fingerprint density at radius 2 is 1.76 bits per heavy atom. The van der Waals surface area contributed by atoms with E-state index < -0.39 is 0 Å². The average Bonchev–Trinajstić information content (AvgIpc) is 3.04. The minimum absolute atomic E-state index is 0.424. The molecule has 3 heteroatoms. The predicted octanol–water partition coefficient (Wildman–Crippen LogP) is 1.39. The van der Waals surface area contributed by atoms with Crippen LogP contribution >= 0.6 is 0 Å². The standard InChI is InChI=1S/C14H29N3/c1-16(2)10-13-5-7-17(8-6-13)11-14(15)9-12-3-4-12/h12-14H,3-11,15H2,1-2H3/t14-/m0/s1. The average molecular weight is 239 g/mol. The van der Waals surface area contributed by atoms with Crippen molar-refractivity contribution in [2.24, 2.45) is 17.6 Å². The third-order valence-corrected chi connectivity index (χ3v) is 4.16. The van der Waals surface area contributed by atoms with Crippen molar-refractivity contribution in [1.82, 2.24) is 9.80 Å². The van der Waals surface area contributed by atoms with Gasteiger partial charge in [0.05, 0.1) is 0 Å². The lowest BCUT2D eigenvalue weighted by atomic mass is 9.96. The van der Waals surface area contributed by atoms with E-state index in [-0.39, 0.29) is 0 Å². The Kier molecular flexibility index (Phi) is 4.83. The summed E-state index contributed by atoms with van der Waals surface area (Å²) in [5.74, 6) is 1.87. The maximum atomic E-state index is 6.21. The van der Waals surface area contributed by atoms with Gasteiger partial charge in [-0.15, -0.1) is 0 Å². The number of hydrogen-bond donors (Lipinski definition) is 1. The molecule has 100 valence electrons. The van der Waals surface area contributed by atoms with Gasteiger partial charge in [-0.25, -0.2) is 0 Å². The molecule has 2 fully saturated rings. The summed E-state index contributed by atoms with van der Waals surface area (Å²) in [6, 6.07) is 0.424. The van der Waals surface area contributed by atoms with Gasteiger partial charge in [-0.05, 0) is 58.3 Å². The fourth-order valence-electron chi connectivity index (χ4n) is 3.06. The van der Waals surface area contributed by atoms with Crippen LogP contribution in [0.15, 0.2) is 0 Å². The zero-order chi connectivity index (χ0) is 12.3. The number of piperidine rings is 1. The molecule has 2 rings (SSSR count). The third-order valence-electron chi connectivity index (χ3n) is 4.16. The molecule has 0 spiro atoms. The summed E-state index contributed by atoms with van der Waals surface area (Å²) in [7, 11) is 4.36. The van der Waals surface area contributed by atoms with Gasteiger partial charge in [-0.2, -0.15) is 0 Å². The largest absolute Gasteiger partial charge is 0.327 e. The molecule has 0 radical (unpaired) electrons. The van der Waals surface area contributed by atoms with Gasteiger partial charge in [0.2, 0.25) is 0 Å². The van der Waals surface area contributed by atoms with Crippen LogP contribution in [-0.2, 0) is 0 Å². The van der Waals surface area contributed by atoms with Crippen molar-refractivity contribution < 1.29 is 0 Å². The Morgan fingerprint density at radius 1 is 1.12 bits per heavy atom. The summed E-state index contributed by atoms with van der Waals surface area (Å²) in [4.78, 5) is 4.90. The molecule has 1 aliphatic heterocycles. The van der Waals surface area contributed by atoms with E-state index in [1.807, 2.05) is 0 Å². The van der Waals surface area contributed by atoms with Crippen LogP contribution in [0.25, 0.3) is 0 Å². The second-order valence-corrected chi connectivity index (χ2v) is 6.45. The lowest BCUT2D eigenvalue weighted by molar-refractivity contribution is 0.154. The summed E-state index contributed by atoms with van der Waals surface area (Å²) < 4.78 is 0. The number of likely N-dealkylation sites (tertiary alicyclic amines) is 1. The number of nitrogens with two attached hydrogens (primary N) is 1. The molecule has 3 nitrogen and oxygen atoms in total.